The van der Waals surface area contributed by atoms with Crippen LogP contribution in [0.2, 0.25) is 0 Å². The van der Waals surface area contributed by atoms with Crippen LogP contribution in [0.5, 0.6) is 0 Å². The van der Waals surface area contributed by atoms with Gasteiger partial charge in [0.15, 0.2) is 0 Å². The molecule has 4 aromatic rings. The molecule has 2 heteroatoms. The zero-order valence-corrected chi connectivity index (χ0v) is 21.3. The van der Waals surface area contributed by atoms with E-state index in [1.54, 1.807) is 0 Å². The van der Waals surface area contributed by atoms with E-state index in [2.05, 4.69) is 125 Å². The minimum atomic E-state index is -2.01. The predicted octanol–water partition coefficient (Wildman–Crippen LogP) is 2.80. The Bertz CT molecular complexity index is 1020. The smallest absolute Gasteiger partial charge is 0.144 e. The van der Waals surface area contributed by atoms with Crippen LogP contribution in [0.15, 0.2) is 97.1 Å². The summed E-state index contributed by atoms with van der Waals surface area (Å²) in [7, 11) is -2.01. The Morgan fingerprint density at radius 1 is 0.516 bits per heavy atom. The molecule has 0 radical (unpaired) electrons. The molecule has 0 amide bonds. The minimum absolute atomic E-state index is 0. The van der Waals surface area contributed by atoms with Gasteiger partial charge in [0.2, 0.25) is 0 Å². The van der Waals surface area contributed by atoms with Gasteiger partial charge in [0.25, 0.3) is 0 Å². The van der Waals surface area contributed by atoms with Crippen molar-refractivity contribution in [2.45, 2.75) is 34.1 Å². The van der Waals surface area contributed by atoms with E-state index >= 15 is 0 Å². The molecule has 0 aliphatic carbocycles. The van der Waals surface area contributed by atoms with E-state index in [-0.39, 0.29) is 17.0 Å². The van der Waals surface area contributed by atoms with Crippen LogP contribution >= 0.6 is 7.26 Å². The van der Waals surface area contributed by atoms with Gasteiger partial charge in [-0.3, -0.25) is 0 Å². The fourth-order valence-corrected chi connectivity index (χ4v) is 8.43. The van der Waals surface area contributed by atoms with Crippen LogP contribution in [0.4, 0.5) is 0 Å². The van der Waals surface area contributed by atoms with Gasteiger partial charge in [-0.15, -0.1) is 0 Å². The van der Waals surface area contributed by atoms with Crippen LogP contribution < -0.4 is 38.2 Å². The highest BCUT2D eigenvalue weighted by Crippen LogP contribution is 2.54. The molecule has 0 unspecified atom stereocenters. The molecule has 158 valence electrons. The zero-order valence-electron chi connectivity index (χ0n) is 18.8. The van der Waals surface area contributed by atoms with E-state index in [1.807, 2.05) is 0 Å². The lowest BCUT2D eigenvalue weighted by Gasteiger charge is -2.28. The maximum atomic E-state index is 2.44. The molecule has 0 spiro atoms. The molecule has 0 N–H and O–H groups in total. The van der Waals surface area contributed by atoms with Gasteiger partial charge in [0, 0.05) is 0 Å². The number of hydrogen-bond donors (Lipinski definition) is 0. The number of halogens is 1. The van der Waals surface area contributed by atoms with Gasteiger partial charge >= 0.3 is 0 Å². The van der Waals surface area contributed by atoms with Crippen molar-refractivity contribution in [3.05, 3.63) is 119 Å². The monoisotopic (exact) mass is 488 g/mol. The van der Waals surface area contributed by atoms with E-state index in [0.717, 1.165) is 6.42 Å². The number of hydrogen-bond acceptors (Lipinski definition) is 0. The second-order valence-corrected chi connectivity index (χ2v) is 11.6. The van der Waals surface area contributed by atoms with Crippen LogP contribution in [0.25, 0.3) is 0 Å². The third-order valence-electron chi connectivity index (χ3n) is 5.97. The van der Waals surface area contributed by atoms with E-state index in [1.165, 1.54) is 43.5 Å². The van der Waals surface area contributed by atoms with Gasteiger partial charge in [-0.25, -0.2) is 0 Å². The standard InChI is InChI=1S/C29H30P.BrH/c1-5-25-7-6-8-29(21-25)30(26-15-9-22(2)10-16-26,27-17-11-23(3)12-18-27)28-19-13-24(4)14-20-28;/h6-21H,5H2,1-4H3;1H/q+1;/p-1. The minimum Gasteiger partial charge on any atom is -1.00 e. The second-order valence-electron chi connectivity index (χ2n) is 8.20. The number of benzene rings is 4. The van der Waals surface area contributed by atoms with Gasteiger partial charge in [0.05, 0.1) is 0 Å². The maximum absolute atomic E-state index is 2.44. The Kier molecular flexibility index (Phi) is 7.52. The van der Waals surface area contributed by atoms with E-state index in [4.69, 9.17) is 0 Å². The highest BCUT2D eigenvalue weighted by molar-refractivity contribution is 8.01. The summed E-state index contributed by atoms with van der Waals surface area (Å²) in [5, 5.41) is 5.66. The largest absolute Gasteiger partial charge is 1.00 e. The Balaban J connectivity index is 0.00000272. The first-order valence-electron chi connectivity index (χ1n) is 10.7. The van der Waals surface area contributed by atoms with Crippen molar-refractivity contribution < 1.29 is 17.0 Å². The quantitative estimate of drug-likeness (QED) is 0.379. The van der Waals surface area contributed by atoms with E-state index in [0.29, 0.717) is 0 Å². The topological polar surface area (TPSA) is 0 Å². The fraction of sp³-hybridized carbons (Fsp3) is 0.172. The number of aryl methyl sites for hydroxylation is 4. The van der Waals surface area contributed by atoms with Crippen LogP contribution in [0.1, 0.15) is 29.2 Å². The average Bonchev–Trinajstić information content (AvgIpc) is 2.78. The average molecular weight is 489 g/mol. The lowest BCUT2D eigenvalue weighted by molar-refractivity contribution is -0.00000610. The molecule has 0 atom stereocenters. The molecule has 31 heavy (non-hydrogen) atoms. The first-order chi connectivity index (χ1) is 14.5. The molecule has 0 bridgehead atoms. The summed E-state index contributed by atoms with van der Waals surface area (Å²) >= 11 is 0. The molecule has 0 nitrogen and oxygen atoms in total. The Labute approximate surface area is 198 Å². The van der Waals surface area contributed by atoms with Gasteiger partial charge in [-0.05, 0) is 81.3 Å². The Morgan fingerprint density at radius 2 is 0.903 bits per heavy atom. The van der Waals surface area contributed by atoms with Crippen LogP contribution in [-0.2, 0) is 6.42 Å². The summed E-state index contributed by atoms with van der Waals surface area (Å²) in [4.78, 5) is 0. The fourth-order valence-electron chi connectivity index (χ4n) is 4.18. The molecule has 0 fully saturated rings. The molecule has 0 heterocycles. The van der Waals surface area contributed by atoms with Crippen molar-refractivity contribution in [3.63, 3.8) is 0 Å². The van der Waals surface area contributed by atoms with Crippen molar-refractivity contribution in [3.8, 4) is 0 Å². The molecule has 0 saturated carbocycles. The second kappa shape index (κ2) is 9.94. The third kappa shape index (κ3) is 4.54. The van der Waals surface area contributed by atoms with E-state index in [9.17, 15) is 0 Å². The molecule has 0 aliphatic heterocycles. The maximum Gasteiger partial charge on any atom is 0.144 e. The molecule has 4 aromatic carbocycles. The summed E-state index contributed by atoms with van der Waals surface area (Å²) < 4.78 is 0. The summed E-state index contributed by atoms with van der Waals surface area (Å²) in [5.74, 6) is 0. The lowest BCUT2D eigenvalue weighted by atomic mass is 10.2. The summed E-state index contributed by atoms with van der Waals surface area (Å²) in [6.45, 7) is 8.74. The first-order valence-corrected chi connectivity index (χ1v) is 12.5. The van der Waals surface area contributed by atoms with Crippen molar-refractivity contribution in [1.29, 1.82) is 0 Å². The molecule has 0 aliphatic rings. The van der Waals surface area contributed by atoms with Gasteiger partial charge < -0.3 is 17.0 Å². The van der Waals surface area contributed by atoms with Crippen LogP contribution in [0, 0.1) is 20.8 Å². The molecular weight excluding hydrogens is 459 g/mol. The normalized spacial score (nSPS) is 11.1. The van der Waals surface area contributed by atoms with Crippen molar-refractivity contribution in [2.24, 2.45) is 0 Å². The van der Waals surface area contributed by atoms with Gasteiger partial charge in [0.1, 0.15) is 28.5 Å². The van der Waals surface area contributed by atoms with Crippen LogP contribution in [0.3, 0.4) is 0 Å². The highest BCUT2D eigenvalue weighted by atomic mass is 79.9. The highest BCUT2D eigenvalue weighted by Gasteiger charge is 2.47. The lowest BCUT2D eigenvalue weighted by Crippen LogP contribution is -3.00. The summed E-state index contributed by atoms with van der Waals surface area (Å²) in [6, 6.07) is 36.9. The number of rotatable bonds is 5. The van der Waals surface area contributed by atoms with E-state index < -0.39 is 7.26 Å². The van der Waals surface area contributed by atoms with Gasteiger partial charge in [-0.1, -0.05) is 72.1 Å². The third-order valence-corrected chi connectivity index (χ3v) is 10.2. The van der Waals surface area contributed by atoms with Crippen molar-refractivity contribution in [1.82, 2.24) is 0 Å². The SMILES string of the molecule is CCc1cccc([P+](c2ccc(C)cc2)(c2ccc(C)cc2)c2ccc(C)cc2)c1.[Br-]. The van der Waals surface area contributed by atoms with Crippen LogP contribution in [-0.4, -0.2) is 0 Å². The van der Waals surface area contributed by atoms with Crippen molar-refractivity contribution >= 4 is 28.5 Å². The Morgan fingerprint density at radius 3 is 1.26 bits per heavy atom. The summed E-state index contributed by atoms with van der Waals surface area (Å²) in [5.41, 5.74) is 5.29. The molecule has 0 aromatic heterocycles. The first kappa shape index (κ1) is 23.5. The molecule has 4 rings (SSSR count). The predicted molar refractivity (Wildman–Crippen MR) is 135 cm³/mol. The molecule has 0 saturated heterocycles. The van der Waals surface area contributed by atoms with Gasteiger partial charge in [-0.2, -0.15) is 0 Å². The zero-order chi connectivity index (χ0) is 21.1. The van der Waals surface area contributed by atoms with Crippen molar-refractivity contribution in [2.75, 3.05) is 0 Å². The summed E-state index contributed by atoms with van der Waals surface area (Å²) in [6.07, 6.45) is 1.05. The Hall–Kier alpha value is -2.21. The molecular formula is C29H30BrP.